The summed E-state index contributed by atoms with van der Waals surface area (Å²) in [6.07, 6.45) is 2.03. The van der Waals surface area contributed by atoms with Crippen molar-refractivity contribution in [3.05, 3.63) is 75.8 Å². The maximum Gasteiger partial charge on any atom is 0.330 e. The lowest BCUT2D eigenvalue weighted by molar-refractivity contribution is -0.137. The molecule has 0 aliphatic heterocycles. The zero-order valence-electron chi connectivity index (χ0n) is 13.8. The van der Waals surface area contributed by atoms with E-state index in [1.54, 1.807) is 31.2 Å². The number of carbonyl (C=O) groups excluding carboxylic acids is 3. The highest BCUT2D eigenvalue weighted by Crippen LogP contribution is 2.26. The lowest BCUT2D eigenvalue weighted by atomic mass is 10.0. The van der Waals surface area contributed by atoms with Gasteiger partial charge >= 0.3 is 5.97 Å². The Morgan fingerprint density at radius 2 is 1.77 bits per heavy atom. The molecule has 0 aliphatic rings. The molecular weight excluding hydrogens is 377 g/mol. The minimum Gasteiger partial charge on any atom is -0.463 e. The van der Waals surface area contributed by atoms with Crippen LogP contribution < -0.4 is 5.32 Å². The zero-order chi connectivity index (χ0) is 19.1. The van der Waals surface area contributed by atoms with E-state index >= 15 is 0 Å². The first-order chi connectivity index (χ1) is 12.4. The van der Waals surface area contributed by atoms with E-state index in [1.807, 2.05) is 0 Å². The first-order valence-electron chi connectivity index (χ1n) is 7.67. The second kappa shape index (κ2) is 9.17. The summed E-state index contributed by atoms with van der Waals surface area (Å²) in [5, 5.41) is 3.17. The number of esters is 1. The van der Waals surface area contributed by atoms with Gasteiger partial charge in [-0.15, -0.1) is 0 Å². The largest absolute Gasteiger partial charge is 0.463 e. The Morgan fingerprint density at radius 3 is 2.46 bits per heavy atom. The minimum absolute atomic E-state index is 0.184. The maximum absolute atomic E-state index is 12.8. The summed E-state index contributed by atoms with van der Waals surface area (Å²) in [4.78, 5) is 36.1. The third-order valence-corrected chi connectivity index (χ3v) is 3.82. The van der Waals surface area contributed by atoms with Gasteiger partial charge in [0.2, 0.25) is 5.91 Å². The fraction of sp³-hybridized carbons (Fsp3) is 0.105. The van der Waals surface area contributed by atoms with Crippen molar-refractivity contribution < 1.29 is 19.1 Å². The van der Waals surface area contributed by atoms with Crippen LogP contribution in [0.25, 0.3) is 0 Å². The Kier molecular flexibility index (Phi) is 6.95. The fourth-order valence-corrected chi connectivity index (χ4v) is 2.51. The van der Waals surface area contributed by atoms with Crippen LogP contribution in [0.5, 0.6) is 0 Å². The van der Waals surface area contributed by atoms with Gasteiger partial charge in [0.1, 0.15) is 0 Å². The normalized spacial score (nSPS) is 10.6. The van der Waals surface area contributed by atoms with Crippen molar-refractivity contribution in [3.8, 4) is 0 Å². The Labute approximate surface area is 160 Å². The maximum atomic E-state index is 12.8. The van der Waals surface area contributed by atoms with Gasteiger partial charge in [0, 0.05) is 28.3 Å². The van der Waals surface area contributed by atoms with Crippen molar-refractivity contribution in [1.29, 1.82) is 0 Å². The van der Waals surface area contributed by atoms with Gasteiger partial charge in [0.05, 0.1) is 17.3 Å². The summed E-state index contributed by atoms with van der Waals surface area (Å²) in [6.45, 7) is 1.87. The Hall–Kier alpha value is -2.63. The van der Waals surface area contributed by atoms with Crippen molar-refractivity contribution in [2.24, 2.45) is 0 Å². The van der Waals surface area contributed by atoms with Crippen molar-refractivity contribution in [3.63, 3.8) is 0 Å². The first-order valence-corrected chi connectivity index (χ1v) is 8.42. The standard InChI is InChI=1S/C19H15Cl2NO4/c1-2-26-18(24)10-9-17(23)22-16-8-7-12(20)11-14(16)19(25)13-5-3-4-6-15(13)21/h3-11H,2H2,1H3,(H,22,23)/b10-9+. The molecule has 26 heavy (non-hydrogen) atoms. The summed E-state index contributed by atoms with van der Waals surface area (Å²) in [7, 11) is 0. The molecule has 0 unspecified atom stereocenters. The number of anilines is 1. The van der Waals surface area contributed by atoms with Gasteiger partial charge in [0.15, 0.2) is 5.78 Å². The van der Waals surface area contributed by atoms with Gasteiger partial charge in [-0.2, -0.15) is 0 Å². The van der Waals surface area contributed by atoms with E-state index in [2.05, 4.69) is 5.32 Å². The Bertz CT molecular complexity index is 878. The number of hydrogen-bond acceptors (Lipinski definition) is 4. The average molecular weight is 392 g/mol. The number of hydrogen-bond donors (Lipinski definition) is 1. The Balaban J connectivity index is 2.28. The van der Waals surface area contributed by atoms with Crippen LogP contribution in [0.4, 0.5) is 5.69 Å². The van der Waals surface area contributed by atoms with E-state index < -0.39 is 11.9 Å². The topological polar surface area (TPSA) is 72.5 Å². The predicted octanol–water partition coefficient (Wildman–Crippen LogP) is 4.28. The molecular formula is C19H15Cl2NO4. The number of benzene rings is 2. The number of nitrogens with one attached hydrogen (secondary N) is 1. The summed E-state index contributed by atoms with van der Waals surface area (Å²) >= 11 is 12.1. The average Bonchev–Trinajstić information content (AvgIpc) is 2.61. The number of halogens is 2. The summed E-state index contributed by atoms with van der Waals surface area (Å²) in [5.41, 5.74) is 0.718. The quantitative estimate of drug-likeness (QED) is 0.453. The lowest BCUT2D eigenvalue weighted by Gasteiger charge is -2.11. The van der Waals surface area contributed by atoms with E-state index in [0.29, 0.717) is 5.02 Å². The van der Waals surface area contributed by atoms with Gasteiger partial charge < -0.3 is 10.1 Å². The summed E-state index contributed by atoms with van der Waals surface area (Å²) in [6, 6.07) is 11.1. The van der Waals surface area contributed by atoms with Crippen LogP contribution in [-0.4, -0.2) is 24.3 Å². The molecule has 0 atom stereocenters. The fourth-order valence-electron chi connectivity index (χ4n) is 2.11. The molecule has 0 bridgehead atoms. The number of carbonyl (C=O) groups is 3. The van der Waals surface area contributed by atoms with Gasteiger partial charge in [-0.1, -0.05) is 35.3 Å². The van der Waals surface area contributed by atoms with E-state index in [9.17, 15) is 14.4 Å². The van der Waals surface area contributed by atoms with Crippen molar-refractivity contribution in [2.45, 2.75) is 6.92 Å². The number of rotatable bonds is 6. The number of amides is 1. The van der Waals surface area contributed by atoms with Crippen molar-refractivity contribution in [2.75, 3.05) is 11.9 Å². The SMILES string of the molecule is CCOC(=O)/C=C/C(=O)Nc1ccc(Cl)cc1C(=O)c1ccccc1Cl. The van der Waals surface area contributed by atoms with Crippen molar-refractivity contribution >= 4 is 46.5 Å². The zero-order valence-corrected chi connectivity index (χ0v) is 15.3. The second-order valence-corrected chi connectivity index (χ2v) is 5.92. The number of ketones is 1. The summed E-state index contributed by atoms with van der Waals surface area (Å²) in [5.74, 6) is -1.61. The van der Waals surface area contributed by atoms with Gasteiger partial charge in [0.25, 0.3) is 0 Å². The molecule has 7 heteroatoms. The molecule has 134 valence electrons. The smallest absolute Gasteiger partial charge is 0.330 e. The molecule has 0 heterocycles. The second-order valence-electron chi connectivity index (χ2n) is 5.07. The molecule has 0 fully saturated rings. The Morgan fingerprint density at radius 1 is 1.04 bits per heavy atom. The predicted molar refractivity (Wildman–Crippen MR) is 101 cm³/mol. The third-order valence-electron chi connectivity index (χ3n) is 3.26. The van der Waals surface area contributed by atoms with E-state index in [-0.39, 0.29) is 34.2 Å². The van der Waals surface area contributed by atoms with Gasteiger partial charge in [-0.25, -0.2) is 4.79 Å². The molecule has 0 aliphatic carbocycles. The molecule has 2 aromatic rings. The highest BCUT2D eigenvalue weighted by Gasteiger charge is 2.17. The van der Waals surface area contributed by atoms with Crippen LogP contribution in [0.1, 0.15) is 22.8 Å². The molecule has 2 aromatic carbocycles. The van der Waals surface area contributed by atoms with Crippen LogP contribution in [0.2, 0.25) is 10.0 Å². The molecule has 5 nitrogen and oxygen atoms in total. The molecule has 0 saturated heterocycles. The molecule has 0 radical (unpaired) electrons. The van der Waals surface area contributed by atoms with Crippen LogP contribution in [0.15, 0.2) is 54.6 Å². The van der Waals surface area contributed by atoms with Crippen LogP contribution in [-0.2, 0) is 14.3 Å². The lowest BCUT2D eigenvalue weighted by Crippen LogP contribution is -2.13. The molecule has 1 N–H and O–H groups in total. The molecule has 0 saturated carbocycles. The van der Waals surface area contributed by atoms with Gasteiger partial charge in [-0.05, 0) is 37.3 Å². The van der Waals surface area contributed by atoms with E-state index in [4.69, 9.17) is 27.9 Å². The summed E-state index contributed by atoms with van der Waals surface area (Å²) < 4.78 is 4.70. The third kappa shape index (κ3) is 5.18. The van der Waals surface area contributed by atoms with E-state index in [1.165, 1.54) is 18.2 Å². The van der Waals surface area contributed by atoms with Crippen LogP contribution in [0.3, 0.4) is 0 Å². The molecule has 2 rings (SSSR count). The molecule has 1 amide bonds. The molecule has 0 spiro atoms. The van der Waals surface area contributed by atoms with Crippen molar-refractivity contribution in [1.82, 2.24) is 0 Å². The molecule has 0 aromatic heterocycles. The van der Waals surface area contributed by atoms with Crippen LogP contribution >= 0.6 is 23.2 Å². The first kappa shape index (κ1) is 19.7. The minimum atomic E-state index is -0.633. The highest BCUT2D eigenvalue weighted by molar-refractivity contribution is 6.36. The van der Waals surface area contributed by atoms with Gasteiger partial charge in [-0.3, -0.25) is 9.59 Å². The van der Waals surface area contributed by atoms with E-state index in [0.717, 1.165) is 12.2 Å². The van der Waals surface area contributed by atoms with Crippen LogP contribution in [0, 0.1) is 0 Å². The highest BCUT2D eigenvalue weighted by atomic mass is 35.5. The number of ether oxygens (including phenoxy) is 1. The monoisotopic (exact) mass is 391 g/mol.